The number of carbonyl (C=O) groups is 3. The minimum Gasteiger partial charge on any atom is -0.378 e. The first-order valence-corrected chi connectivity index (χ1v) is 12.5. The van der Waals surface area contributed by atoms with Crippen LogP contribution < -0.4 is 4.90 Å². The Morgan fingerprint density at radius 3 is 2.59 bits per heavy atom. The predicted molar refractivity (Wildman–Crippen MR) is 138 cm³/mol. The molecule has 1 fully saturated rings. The summed E-state index contributed by atoms with van der Waals surface area (Å²) < 4.78 is 5.36. The van der Waals surface area contributed by atoms with E-state index in [1.807, 2.05) is 66.8 Å². The van der Waals surface area contributed by atoms with Crippen LogP contribution in [0, 0.1) is 5.92 Å². The van der Waals surface area contributed by atoms with E-state index in [1.54, 1.807) is 9.80 Å². The number of carbonyl (C=O) groups excluding carboxylic acids is 3. The third-order valence-electron chi connectivity index (χ3n) is 7.22. The Kier molecular flexibility index (Phi) is 6.10. The van der Waals surface area contributed by atoms with Crippen LogP contribution in [0.3, 0.4) is 0 Å². The second-order valence-corrected chi connectivity index (χ2v) is 9.48. The largest absolute Gasteiger partial charge is 0.378 e. The van der Waals surface area contributed by atoms with Gasteiger partial charge in [0.05, 0.1) is 31.2 Å². The highest BCUT2D eigenvalue weighted by Crippen LogP contribution is 2.34. The summed E-state index contributed by atoms with van der Waals surface area (Å²) in [4.78, 5) is 41.9. The Balaban J connectivity index is 1.18. The van der Waals surface area contributed by atoms with Crippen LogP contribution >= 0.6 is 0 Å². The summed E-state index contributed by atoms with van der Waals surface area (Å²) >= 11 is 0. The standard InChI is InChI=1S/C29H26N4O4/c34-26(33-12-11-20-9-10-22(18-25(20)33)29(36)32-13-15-37-16-14-32)17-19-5-7-21(8-6-19)27-23-3-1-2-4-24(23)28(35)31-30-27/h1-10,18,24H,11-17H2. The van der Waals surface area contributed by atoms with E-state index in [0.29, 0.717) is 44.1 Å². The maximum atomic E-state index is 13.3. The van der Waals surface area contributed by atoms with E-state index in [9.17, 15) is 14.4 Å². The lowest BCUT2D eigenvalue weighted by Crippen LogP contribution is -2.40. The lowest BCUT2D eigenvalue weighted by molar-refractivity contribution is -0.120. The predicted octanol–water partition coefficient (Wildman–Crippen LogP) is 3.74. The fourth-order valence-electron chi connectivity index (χ4n) is 5.20. The number of hydrogen-bond acceptors (Lipinski definition) is 5. The summed E-state index contributed by atoms with van der Waals surface area (Å²) in [6, 6.07) is 13.3. The van der Waals surface area contributed by atoms with Gasteiger partial charge in [-0.15, -0.1) is 10.2 Å². The second-order valence-electron chi connectivity index (χ2n) is 9.48. The number of morpholine rings is 1. The summed E-state index contributed by atoms with van der Waals surface area (Å²) in [5.41, 5.74) is 5.75. The van der Waals surface area contributed by atoms with Crippen molar-refractivity contribution < 1.29 is 19.1 Å². The van der Waals surface area contributed by atoms with Gasteiger partial charge in [0, 0.05) is 36.4 Å². The number of allylic oxidation sites excluding steroid dienone is 3. The molecule has 37 heavy (non-hydrogen) atoms. The molecule has 6 rings (SSSR count). The lowest BCUT2D eigenvalue weighted by Gasteiger charge is -2.27. The van der Waals surface area contributed by atoms with Crippen LogP contribution in [0.4, 0.5) is 5.69 Å². The molecule has 0 N–H and O–H groups in total. The van der Waals surface area contributed by atoms with E-state index in [2.05, 4.69) is 10.2 Å². The maximum Gasteiger partial charge on any atom is 0.276 e. The number of azo groups is 1. The molecular formula is C29H26N4O4. The van der Waals surface area contributed by atoms with Gasteiger partial charge >= 0.3 is 0 Å². The molecule has 3 aliphatic heterocycles. The van der Waals surface area contributed by atoms with Crippen molar-refractivity contribution >= 4 is 29.1 Å². The van der Waals surface area contributed by atoms with Crippen molar-refractivity contribution in [2.45, 2.75) is 12.8 Å². The van der Waals surface area contributed by atoms with Crippen LogP contribution in [-0.4, -0.2) is 55.5 Å². The van der Waals surface area contributed by atoms with Gasteiger partial charge in [-0.05, 0) is 35.3 Å². The minimum absolute atomic E-state index is 0.00661. The van der Waals surface area contributed by atoms with E-state index in [0.717, 1.165) is 34.4 Å². The van der Waals surface area contributed by atoms with Crippen molar-refractivity contribution in [3.8, 4) is 0 Å². The first-order valence-electron chi connectivity index (χ1n) is 12.5. The normalized spacial score (nSPS) is 20.3. The average molecular weight is 495 g/mol. The zero-order valence-corrected chi connectivity index (χ0v) is 20.3. The quantitative estimate of drug-likeness (QED) is 0.648. The van der Waals surface area contributed by atoms with Crippen molar-refractivity contribution in [1.82, 2.24) is 4.90 Å². The van der Waals surface area contributed by atoms with Crippen LogP contribution in [0.2, 0.25) is 0 Å². The Morgan fingerprint density at radius 1 is 0.973 bits per heavy atom. The molecule has 0 spiro atoms. The highest BCUT2D eigenvalue weighted by atomic mass is 16.5. The van der Waals surface area contributed by atoms with Gasteiger partial charge in [-0.25, -0.2) is 0 Å². The van der Waals surface area contributed by atoms with E-state index in [-0.39, 0.29) is 24.1 Å². The van der Waals surface area contributed by atoms with Crippen LogP contribution in [0.1, 0.15) is 27.0 Å². The summed E-state index contributed by atoms with van der Waals surface area (Å²) in [6.45, 7) is 2.87. The molecule has 1 saturated heterocycles. The molecule has 2 aromatic rings. The molecule has 0 radical (unpaired) electrons. The Labute approximate surface area is 214 Å². The second kappa shape index (κ2) is 9.71. The monoisotopic (exact) mass is 494 g/mol. The van der Waals surface area contributed by atoms with E-state index in [1.165, 1.54) is 0 Å². The van der Waals surface area contributed by atoms with E-state index in [4.69, 9.17) is 4.74 Å². The van der Waals surface area contributed by atoms with E-state index < -0.39 is 5.92 Å². The third-order valence-corrected chi connectivity index (χ3v) is 7.22. The van der Waals surface area contributed by atoms with Crippen molar-refractivity contribution in [2.24, 2.45) is 16.1 Å². The topological polar surface area (TPSA) is 91.6 Å². The molecule has 1 unspecified atom stereocenters. The van der Waals surface area contributed by atoms with Gasteiger partial charge in [-0.2, -0.15) is 0 Å². The molecule has 3 heterocycles. The van der Waals surface area contributed by atoms with Gasteiger partial charge in [0.1, 0.15) is 0 Å². The summed E-state index contributed by atoms with van der Waals surface area (Å²) in [5, 5.41) is 7.97. The molecule has 4 aliphatic rings. The molecule has 8 nitrogen and oxygen atoms in total. The van der Waals surface area contributed by atoms with E-state index >= 15 is 0 Å². The van der Waals surface area contributed by atoms with Crippen LogP contribution in [0.5, 0.6) is 0 Å². The van der Waals surface area contributed by atoms with Gasteiger partial charge in [0.15, 0.2) is 0 Å². The Morgan fingerprint density at radius 2 is 1.78 bits per heavy atom. The molecule has 1 atom stereocenters. The number of fused-ring (bicyclic) bond motifs is 2. The van der Waals surface area contributed by atoms with Crippen molar-refractivity contribution in [1.29, 1.82) is 0 Å². The van der Waals surface area contributed by atoms with Gasteiger partial charge in [-0.3, -0.25) is 14.4 Å². The average Bonchev–Trinajstić information content (AvgIpc) is 3.38. The lowest BCUT2D eigenvalue weighted by atomic mass is 9.89. The van der Waals surface area contributed by atoms with Crippen LogP contribution in [0.15, 0.2) is 82.6 Å². The Bertz CT molecular complexity index is 1400. The van der Waals surface area contributed by atoms with Gasteiger partial charge in [-0.1, -0.05) is 54.6 Å². The number of amides is 3. The molecule has 0 bridgehead atoms. The van der Waals surface area contributed by atoms with Crippen molar-refractivity contribution in [3.63, 3.8) is 0 Å². The fraction of sp³-hybridized carbons (Fsp3) is 0.276. The summed E-state index contributed by atoms with van der Waals surface area (Å²) in [7, 11) is 0. The first kappa shape index (κ1) is 23.2. The molecule has 0 saturated carbocycles. The minimum atomic E-state index is -0.394. The van der Waals surface area contributed by atoms with Crippen molar-refractivity contribution in [3.05, 3.63) is 94.6 Å². The first-order chi connectivity index (χ1) is 18.1. The Hall–Kier alpha value is -4.17. The highest BCUT2D eigenvalue weighted by Gasteiger charge is 2.29. The highest BCUT2D eigenvalue weighted by molar-refractivity contribution is 6.00. The number of benzene rings is 2. The molecule has 0 aromatic heterocycles. The summed E-state index contributed by atoms with van der Waals surface area (Å²) in [5.74, 6) is -0.687. The fourth-order valence-corrected chi connectivity index (χ4v) is 5.20. The van der Waals surface area contributed by atoms with Gasteiger partial charge in [0.25, 0.3) is 11.8 Å². The summed E-state index contributed by atoms with van der Waals surface area (Å²) in [6.07, 6.45) is 8.49. The number of hydrogen-bond donors (Lipinski definition) is 0. The zero-order valence-electron chi connectivity index (χ0n) is 20.3. The molecule has 8 heteroatoms. The molecular weight excluding hydrogens is 468 g/mol. The van der Waals surface area contributed by atoms with Crippen LogP contribution in [0.25, 0.3) is 5.70 Å². The van der Waals surface area contributed by atoms with Crippen LogP contribution in [-0.2, 0) is 27.2 Å². The van der Waals surface area contributed by atoms with Gasteiger partial charge in [0.2, 0.25) is 5.91 Å². The molecule has 1 aliphatic carbocycles. The SMILES string of the molecule is O=C1N=NC(c2ccc(CC(=O)N3CCc4ccc(C(=O)N5CCOCC5)cc43)cc2)=C2C=CC=CC12. The zero-order chi connectivity index (χ0) is 25.4. The maximum absolute atomic E-state index is 13.3. The van der Waals surface area contributed by atoms with Gasteiger partial charge < -0.3 is 14.5 Å². The number of ether oxygens (including phenoxy) is 1. The molecule has 186 valence electrons. The number of rotatable bonds is 4. The molecule has 2 aromatic carbocycles. The molecule has 3 amide bonds. The smallest absolute Gasteiger partial charge is 0.276 e. The van der Waals surface area contributed by atoms with Crippen molar-refractivity contribution in [2.75, 3.05) is 37.7 Å². The number of anilines is 1. The number of nitrogens with zero attached hydrogens (tertiary/aromatic N) is 4. The third kappa shape index (κ3) is 4.44.